The van der Waals surface area contributed by atoms with Crippen LogP contribution in [0.4, 0.5) is 5.82 Å². The molecule has 1 aliphatic rings. The van der Waals surface area contributed by atoms with E-state index in [4.69, 9.17) is 17.0 Å². The van der Waals surface area contributed by atoms with Crippen molar-refractivity contribution in [2.75, 3.05) is 38.3 Å². The van der Waals surface area contributed by atoms with Gasteiger partial charge in [-0.05, 0) is 32.4 Å². The number of ether oxygens (including phenoxy) is 1. The average molecular weight is 421 g/mol. The summed E-state index contributed by atoms with van der Waals surface area (Å²) in [6, 6.07) is 2.00. The molecule has 1 aromatic rings. The number of hydrogen-bond donors (Lipinski definition) is 0. The molecule has 1 aromatic heterocycles. The van der Waals surface area contributed by atoms with Crippen molar-refractivity contribution in [1.29, 1.82) is 5.26 Å². The Morgan fingerprint density at radius 1 is 1.32 bits per heavy atom. The van der Waals surface area contributed by atoms with E-state index in [2.05, 4.69) is 0 Å². The zero-order valence-corrected chi connectivity index (χ0v) is 18.4. The Hall–Kier alpha value is -2.15. The van der Waals surface area contributed by atoms with Gasteiger partial charge in [-0.3, -0.25) is 19.1 Å². The number of aromatic nitrogens is 1. The monoisotopic (exact) mass is 420 g/mol. The third kappa shape index (κ3) is 3.99. The maximum atomic E-state index is 12.8. The van der Waals surface area contributed by atoms with Gasteiger partial charge in [0.1, 0.15) is 21.8 Å². The molecule has 0 N–H and O–H groups in total. The van der Waals surface area contributed by atoms with Crippen LogP contribution in [0.3, 0.4) is 0 Å². The summed E-state index contributed by atoms with van der Waals surface area (Å²) in [6.07, 6.45) is 1.75. The second-order valence-corrected chi connectivity index (χ2v) is 7.89. The molecule has 2 heterocycles. The minimum atomic E-state index is -0.341. The highest BCUT2D eigenvalue weighted by molar-refractivity contribution is 8.26. The molecule has 0 bridgehead atoms. The third-order valence-electron chi connectivity index (χ3n) is 4.70. The normalized spacial score (nSPS) is 15.4. The number of amides is 1. The lowest BCUT2D eigenvalue weighted by atomic mass is 10.0. The van der Waals surface area contributed by atoms with Crippen LogP contribution in [0.1, 0.15) is 30.5 Å². The Morgan fingerprint density at radius 2 is 1.96 bits per heavy atom. The standard InChI is InChI=1S/C19H24N4O3S2/c1-6-22(7-2)16-13(12(3)14(11-20)17(24)21(16)4)10-15-18(25)23(8-9-26-5)19(27)28-15/h10H,6-9H2,1-5H3/b15-10-. The van der Waals surface area contributed by atoms with Crippen LogP contribution in [-0.2, 0) is 16.6 Å². The lowest BCUT2D eigenvalue weighted by molar-refractivity contribution is -0.122. The first-order valence-corrected chi connectivity index (χ1v) is 10.2. The second-order valence-electron chi connectivity index (χ2n) is 6.21. The fourth-order valence-corrected chi connectivity index (χ4v) is 4.41. The predicted octanol–water partition coefficient (Wildman–Crippen LogP) is 2.26. The van der Waals surface area contributed by atoms with Crippen LogP contribution in [0.15, 0.2) is 9.70 Å². The zero-order chi connectivity index (χ0) is 21.0. The first-order valence-electron chi connectivity index (χ1n) is 8.95. The number of nitrogens with zero attached hydrogens (tertiary/aromatic N) is 4. The first-order chi connectivity index (χ1) is 13.3. The van der Waals surface area contributed by atoms with Crippen LogP contribution < -0.4 is 10.5 Å². The van der Waals surface area contributed by atoms with Gasteiger partial charge in [-0.2, -0.15) is 5.26 Å². The summed E-state index contributed by atoms with van der Waals surface area (Å²) in [5.41, 5.74) is 0.996. The molecule has 0 aromatic carbocycles. The number of rotatable bonds is 7. The van der Waals surface area contributed by atoms with Crippen molar-refractivity contribution in [2.45, 2.75) is 20.8 Å². The number of methoxy groups -OCH3 is 1. The summed E-state index contributed by atoms with van der Waals surface area (Å²) in [7, 11) is 3.22. The Kier molecular flexibility index (Phi) is 7.41. The molecule has 28 heavy (non-hydrogen) atoms. The van der Waals surface area contributed by atoms with E-state index >= 15 is 0 Å². The van der Waals surface area contributed by atoms with Gasteiger partial charge in [-0.15, -0.1) is 0 Å². The van der Waals surface area contributed by atoms with E-state index in [0.717, 1.165) is 0 Å². The maximum absolute atomic E-state index is 12.8. The maximum Gasteiger partial charge on any atom is 0.270 e. The summed E-state index contributed by atoms with van der Waals surface area (Å²) < 4.78 is 7.00. The van der Waals surface area contributed by atoms with Gasteiger partial charge in [0.25, 0.3) is 11.5 Å². The van der Waals surface area contributed by atoms with Gasteiger partial charge in [0, 0.05) is 32.8 Å². The van der Waals surface area contributed by atoms with E-state index in [-0.39, 0.29) is 17.0 Å². The molecule has 2 rings (SSSR count). The van der Waals surface area contributed by atoms with Gasteiger partial charge < -0.3 is 9.64 Å². The largest absolute Gasteiger partial charge is 0.383 e. The van der Waals surface area contributed by atoms with Crippen molar-refractivity contribution in [3.63, 3.8) is 0 Å². The van der Waals surface area contributed by atoms with Crippen molar-refractivity contribution >= 4 is 46.1 Å². The number of carbonyl (C=O) groups is 1. The molecular formula is C19H24N4O3S2. The van der Waals surface area contributed by atoms with E-state index in [1.165, 1.54) is 21.2 Å². The van der Waals surface area contributed by atoms with Crippen molar-refractivity contribution in [3.05, 3.63) is 31.9 Å². The molecule has 0 spiro atoms. The summed E-state index contributed by atoms with van der Waals surface area (Å²) >= 11 is 6.56. The van der Waals surface area contributed by atoms with Crippen molar-refractivity contribution in [1.82, 2.24) is 9.47 Å². The number of carbonyl (C=O) groups excluding carboxylic acids is 1. The van der Waals surface area contributed by atoms with E-state index in [1.807, 2.05) is 24.8 Å². The van der Waals surface area contributed by atoms with Crippen LogP contribution in [-0.4, -0.2) is 53.0 Å². The minimum Gasteiger partial charge on any atom is -0.383 e. The lowest BCUT2D eigenvalue weighted by Gasteiger charge is -2.27. The van der Waals surface area contributed by atoms with E-state index in [0.29, 0.717) is 52.4 Å². The molecule has 0 atom stereocenters. The summed E-state index contributed by atoms with van der Waals surface area (Å²) in [5.74, 6) is 0.498. The van der Waals surface area contributed by atoms with Crippen molar-refractivity contribution in [3.8, 4) is 6.07 Å². The summed E-state index contributed by atoms with van der Waals surface area (Å²) in [5, 5.41) is 9.47. The molecule has 150 valence electrons. The van der Waals surface area contributed by atoms with Gasteiger partial charge in [0.2, 0.25) is 0 Å². The molecule has 1 fully saturated rings. The number of anilines is 1. The molecule has 1 saturated heterocycles. The van der Waals surface area contributed by atoms with Crippen LogP contribution >= 0.6 is 24.0 Å². The highest BCUT2D eigenvalue weighted by Gasteiger charge is 2.32. The summed E-state index contributed by atoms with van der Waals surface area (Å²) in [6.45, 7) is 7.88. The number of hydrogen-bond acceptors (Lipinski definition) is 7. The number of thiocarbonyl (C=S) groups is 1. The predicted molar refractivity (Wildman–Crippen MR) is 116 cm³/mol. The molecule has 0 saturated carbocycles. The van der Waals surface area contributed by atoms with Gasteiger partial charge in [-0.1, -0.05) is 24.0 Å². The Morgan fingerprint density at radius 3 is 2.50 bits per heavy atom. The Bertz CT molecular complexity index is 927. The number of pyridine rings is 1. The van der Waals surface area contributed by atoms with Gasteiger partial charge in [-0.25, -0.2) is 0 Å². The summed E-state index contributed by atoms with van der Waals surface area (Å²) in [4.78, 5) is 29.5. The molecule has 1 aliphatic heterocycles. The van der Waals surface area contributed by atoms with E-state index in [1.54, 1.807) is 27.2 Å². The molecule has 9 heteroatoms. The Labute approximate surface area is 174 Å². The highest BCUT2D eigenvalue weighted by atomic mass is 32.2. The molecule has 0 aliphatic carbocycles. The highest BCUT2D eigenvalue weighted by Crippen LogP contribution is 2.35. The minimum absolute atomic E-state index is 0.0829. The quantitative estimate of drug-likeness (QED) is 0.494. The van der Waals surface area contributed by atoms with Gasteiger partial charge >= 0.3 is 0 Å². The first kappa shape index (κ1) is 22.1. The number of thioether (sulfide) groups is 1. The van der Waals surface area contributed by atoms with Crippen molar-refractivity contribution < 1.29 is 9.53 Å². The zero-order valence-electron chi connectivity index (χ0n) is 16.7. The molecule has 7 nitrogen and oxygen atoms in total. The van der Waals surface area contributed by atoms with Gasteiger partial charge in [0.05, 0.1) is 18.1 Å². The fourth-order valence-electron chi connectivity index (χ4n) is 3.12. The molecule has 0 unspecified atom stereocenters. The van der Waals surface area contributed by atoms with Gasteiger partial charge in [0.15, 0.2) is 0 Å². The van der Waals surface area contributed by atoms with Crippen LogP contribution in [0.2, 0.25) is 0 Å². The van der Waals surface area contributed by atoms with Crippen LogP contribution in [0.5, 0.6) is 0 Å². The fraction of sp³-hybridized carbons (Fsp3) is 0.474. The second kappa shape index (κ2) is 9.37. The average Bonchev–Trinajstić information content (AvgIpc) is 2.94. The topological polar surface area (TPSA) is 78.6 Å². The lowest BCUT2D eigenvalue weighted by Crippen LogP contribution is -2.33. The Balaban J connectivity index is 2.68. The third-order valence-corrected chi connectivity index (χ3v) is 6.08. The smallest absolute Gasteiger partial charge is 0.270 e. The molecule has 1 amide bonds. The SMILES string of the molecule is CCN(CC)c1c(/C=C2\SC(=S)N(CCOC)C2=O)c(C)c(C#N)c(=O)n1C. The molecule has 0 radical (unpaired) electrons. The van der Waals surface area contributed by atoms with Crippen LogP contribution in [0, 0.1) is 18.3 Å². The van der Waals surface area contributed by atoms with E-state index < -0.39 is 0 Å². The van der Waals surface area contributed by atoms with Crippen molar-refractivity contribution in [2.24, 2.45) is 7.05 Å². The van der Waals surface area contributed by atoms with E-state index in [9.17, 15) is 14.9 Å². The molecular weight excluding hydrogens is 396 g/mol. The number of nitriles is 1. The van der Waals surface area contributed by atoms with Crippen LogP contribution in [0.25, 0.3) is 6.08 Å².